The standard InChI is InChI=1S/C26H36O3.C10H14O/c1-4-21(2)22-13-15-24(16-14-22)29-25(26(3)17-9-6-10-18-26)28-20-19-27-23-11-7-5-8-12-23;1-3-8(2)9-4-6-10(11)7-5-9/h5,7-8,11-16,21,25H,4,6,9-10,17-20H2,1-3H3;4-8,11H,3H2,1-2H3. The van der Waals surface area contributed by atoms with Crippen molar-refractivity contribution in [3.8, 4) is 17.2 Å². The summed E-state index contributed by atoms with van der Waals surface area (Å²) in [4.78, 5) is 0. The molecule has 1 aliphatic carbocycles. The molecular weight excluding hydrogens is 496 g/mol. The van der Waals surface area contributed by atoms with Gasteiger partial charge in [-0.15, -0.1) is 0 Å². The Labute approximate surface area is 242 Å². The second kappa shape index (κ2) is 16.3. The van der Waals surface area contributed by atoms with Crippen molar-refractivity contribution in [2.24, 2.45) is 5.41 Å². The first-order valence-corrected chi connectivity index (χ1v) is 15.2. The maximum atomic E-state index is 9.01. The lowest BCUT2D eigenvalue weighted by Gasteiger charge is -2.40. The first kappa shape index (κ1) is 31.5. The van der Waals surface area contributed by atoms with Crippen LogP contribution in [0.4, 0.5) is 0 Å². The van der Waals surface area contributed by atoms with Gasteiger partial charge in [-0.1, -0.05) is 96.3 Å². The van der Waals surface area contributed by atoms with E-state index in [9.17, 15) is 0 Å². The third kappa shape index (κ3) is 9.89. The molecule has 4 rings (SSSR count). The number of hydrogen-bond donors (Lipinski definition) is 1. The summed E-state index contributed by atoms with van der Waals surface area (Å²) in [6, 6.07) is 25.9. The third-order valence-corrected chi connectivity index (χ3v) is 8.31. The van der Waals surface area contributed by atoms with Crippen molar-refractivity contribution in [1.82, 2.24) is 0 Å². The summed E-state index contributed by atoms with van der Waals surface area (Å²) < 4.78 is 18.5. The van der Waals surface area contributed by atoms with E-state index < -0.39 is 0 Å². The maximum Gasteiger partial charge on any atom is 0.205 e. The van der Waals surface area contributed by atoms with Crippen molar-refractivity contribution in [3.05, 3.63) is 90.0 Å². The topological polar surface area (TPSA) is 47.9 Å². The minimum absolute atomic E-state index is 0.0420. The summed E-state index contributed by atoms with van der Waals surface area (Å²) in [6.07, 6.45) is 8.11. The van der Waals surface area contributed by atoms with Crippen LogP contribution in [0, 0.1) is 5.41 Å². The van der Waals surface area contributed by atoms with Crippen LogP contribution in [0.5, 0.6) is 17.2 Å². The lowest BCUT2D eigenvalue weighted by molar-refractivity contribution is -0.166. The van der Waals surface area contributed by atoms with Crippen molar-refractivity contribution in [2.45, 2.75) is 97.7 Å². The van der Waals surface area contributed by atoms with E-state index in [1.54, 1.807) is 12.1 Å². The number of ether oxygens (including phenoxy) is 3. The first-order valence-electron chi connectivity index (χ1n) is 15.2. The molecule has 0 radical (unpaired) electrons. The Bertz CT molecular complexity index is 1070. The van der Waals surface area contributed by atoms with Gasteiger partial charge in [0.05, 0.1) is 6.61 Å². The predicted octanol–water partition coefficient (Wildman–Crippen LogP) is 9.88. The fraction of sp³-hybridized carbons (Fsp3) is 0.500. The summed E-state index contributed by atoms with van der Waals surface area (Å²) in [6.45, 7) is 12.2. The van der Waals surface area contributed by atoms with Crippen LogP contribution in [0.1, 0.15) is 103 Å². The zero-order valence-electron chi connectivity index (χ0n) is 25.3. The van der Waals surface area contributed by atoms with E-state index in [0.29, 0.717) is 30.8 Å². The molecule has 0 saturated heterocycles. The molecule has 0 spiro atoms. The average molecular weight is 547 g/mol. The highest BCUT2D eigenvalue weighted by Crippen LogP contribution is 2.41. The molecule has 3 atom stereocenters. The highest BCUT2D eigenvalue weighted by molar-refractivity contribution is 5.29. The second-order valence-electron chi connectivity index (χ2n) is 11.5. The van der Waals surface area contributed by atoms with E-state index in [2.05, 4.69) is 58.9 Å². The van der Waals surface area contributed by atoms with E-state index in [1.807, 2.05) is 42.5 Å². The first-order chi connectivity index (χ1) is 19.3. The fourth-order valence-electron chi connectivity index (χ4n) is 5.08. The molecule has 4 heteroatoms. The predicted molar refractivity (Wildman–Crippen MR) is 165 cm³/mol. The number of benzene rings is 3. The van der Waals surface area contributed by atoms with Crippen LogP contribution >= 0.6 is 0 Å². The van der Waals surface area contributed by atoms with Crippen molar-refractivity contribution in [2.75, 3.05) is 13.2 Å². The van der Waals surface area contributed by atoms with Gasteiger partial charge in [0.2, 0.25) is 6.29 Å². The van der Waals surface area contributed by atoms with Crippen molar-refractivity contribution in [1.29, 1.82) is 0 Å². The minimum Gasteiger partial charge on any atom is -0.508 e. The van der Waals surface area contributed by atoms with Crippen molar-refractivity contribution < 1.29 is 19.3 Å². The van der Waals surface area contributed by atoms with E-state index in [0.717, 1.165) is 37.2 Å². The Morgan fingerprint density at radius 1 is 0.700 bits per heavy atom. The van der Waals surface area contributed by atoms with Gasteiger partial charge < -0.3 is 19.3 Å². The molecule has 1 fully saturated rings. The minimum atomic E-state index is -0.253. The SMILES string of the molecule is CCC(C)c1ccc(O)cc1.CCC(C)c1ccc(OC(OCCOc2ccccc2)C2(C)CCCCC2)cc1. The molecule has 218 valence electrons. The molecule has 0 heterocycles. The maximum absolute atomic E-state index is 9.01. The highest BCUT2D eigenvalue weighted by atomic mass is 16.7. The number of phenols is 1. The average Bonchev–Trinajstić information content (AvgIpc) is 2.99. The molecule has 1 saturated carbocycles. The van der Waals surface area contributed by atoms with Gasteiger partial charge in [0.15, 0.2) is 0 Å². The van der Waals surface area contributed by atoms with Gasteiger partial charge in [-0.2, -0.15) is 0 Å². The Kier molecular flexibility index (Phi) is 12.9. The second-order valence-corrected chi connectivity index (χ2v) is 11.5. The Hall–Kier alpha value is -2.98. The molecule has 1 aliphatic rings. The number of phenolic OH excluding ortho intramolecular Hbond substituents is 1. The van der Waals surface area contributed by atoms with Crippen LogP contribution < -0.4 is 9.47 Å². The lowest BCUT2D eigenvalue weighted by Crippen LogP contribution is -2.41. The van der Waals surface area contributed by atoms with E-state index in [4.69, 9.17) is 19.3 Å². The van der Waals surface area contributed by atoms with E-state index >= 15 is 0 Å². The normalized spacial score (nSPS) is 16.6. The van der Waals surface area contributed by atoms with Crippen LogP contribution in [0.3, 0.4) is 0 Å². The molecule has 3 unspecified atom stereocenters. The van der Waals surface area contributed by atoms with Gasteiger partial charge in [0.1, 0.15) is 23.9 Å². The smallest absolute Gasteiger partial charge is 0.205 e. The molecule has 0 aliphatic heterocycles. The molecule has 0 aromatic heterocycles. The Morgan fingerprint density at radius 3 is 1.80 bits per heavy atom. The molecular formula is C36H50O4. The zero-order valence-corrected chi connectivity index (χ0v) is 25.3. The van der Waals surface area contributed by atoms with Crippen LogP contribution in [0.15, 0.2) is 78.9 Å². The molecule has 4 nitrogen and oxygen atoms in total. The van der Waals surface area contributed by atoms with Gasteiger partial charge in [0.25, 0.3) is 0 Å². The summed E-state index contributed by atoms with van der Waals surface area (Å²) in [5.74, 6) is 3.27. The molecule has 1 N–H and O–H groups in total. The van der Waals surface area contributed by atoms with Crippen LogP contribution in [0.25, 0.3) is 0 Å². The summed E-state index contributed by atoms with van der Waals surface area (Å²) in [5.41, 5.74) is 2.70. The van der Waals surface area contributed by atoms with Gasteiger partial charge in [0, 0.05) is 5.41 Å². The van der Waals surface area contributed by atoms with E-state index in [1.165, 1.54) is 30.4 Å². The van der Waals surface area contributed by atoms with Crippen LogP contribution in [-0.2, 0) is 4.74 Å². The summed E-state index contributed by atoms with van der Waals surface area (Å²) >= 11 is 0. The molecule has 0 bridgehead atoms. The summed E-state index contributed by atoms with van der Waals surface area (Å²) in [5, 5.41) is 9.01. The highest BCUT2D eigenvalue weighted by Gasteiger charge is 2.38. The molecule has 3 aromatic carbocycles. The van der Waals surface area contributed by atoms with Crippen LogP contribution in [0.2, 0.25) is 0 Å². The van der Waals surface area contributed by atoms with Crippen molar-refractivity contribution >= 4 is 0 Å². The number of aromatic hydroxyl groups is 1. The largest absolute Gasteiger partial charge is 0.508 e. The van der Waals surface area contributed by atoms with Gasteiger partial charge >= 0.3 is 0 Å². The number of hydrogen-bond acceptors (Lipinski definition) is 4. The van der Waals surface area contributed by atoms with Crippen molar-refractivity contribution in [3.63, 3.8) is 0 Å². The molecule has 40 heavy (non-hydrogen) atoms. The third-order valence-electron chi connectivity index (χ3n) is 8.31. The summed E-state index contributed by atoms with van der Waals surface area (Å²) in [7, 11) is 0. The monoisotopic (exact) mass is 546 g/mol. The fourth-order valence-corrected chi connectivity index (χ4v) is 5.08. The molecule has 3 aromatic rings. The van der Waals surface area contributed by atoms with Gasteiger partial charge in [-0.3, -0.25) is 0 Å². The number of para-hydroxylation sites is 1. The molecule has 0 amide bonds. The Morgan fingerprint density at radius 2 is 1.25 bits per heavy atom. The zero-order chi connectivity index (χ0) is 28.8. The quantitative estimate of drug-likeness (QED) is 0.181. The van der Waals surface area contributed by atoms with E-state index in [-0.39, 0.29) is 11.7 Å². The Balaban J connectivity index is 0.000000336. The lowest BCUT2D eigenvalue weighted by atomic mass is 9.75. The van der Waals surface area contributed by atoms with Gasteiger partial charge in [-0.25, -0.2) is 0 Å². The van der Waals surface area contributed by atoms with Crippen LogP contribution in [-0.4, -0.2) is 24.6 Å². The number of rotatable bonds is 12. The van der Waals surface area contributed by atoms with Gasteiger partial charge in [-0.05, 0) is 85.0 Å².